The minimum atomic E-state index is -1.45. The van der Waals surface area contributed by atoms with Gasteiger partial charge in [-0.3, -0.25) is 19.0 Å². The van der Waals surface area contributed by atoms with Crippen molar-refractivity contribution in [1.29, 1.82) is 0 Å². The number of hydrogen-bond donors (Lipinski definition) is 0. The number of fused-ring (bicyclic) bond motifs is 1. The number of carbonyl (C=O) groups excluding carboxylic acids is 1. The third-order valence-electron chi connectivity index (χ3n) is 6.97. The lowest BCUT2D eigenvalue weighted by atomic mass is 10.1. The number of anilines is 1. The van der Waals surface area contributed by atoms with Crippen LogP contribution in [0.4, 0.5) is 10.3 Å². The number of benzene rings is 2. The second kappa shape index (κ2) is 10.3. The van der Waals surface area contributed by atoms with Crippen molar-refractivity contribution >= 4 is 22.8 Å². The molecule has 1 amide bonds. The van der Waals surface area contributed by atoms with Crippen LogP contribution in [0.5, 0.6) is 5.75 Å². The Morgan fingerprint density at radius 2 is 1.76 bits per heavy atom. The first kappa shape index (κ1) is 25.4. The fourth-order valence-electron chi connectivity index (χ4n) is 4.88. The number of carbonyl (C=O) groups is 1. The predicted octanol–water partition coefficient (Wildman–Crippen LogP) is 3.52. The van der Waals surface area contributed by atoms with Gasteiger partial charge in [0.25, 0.3) is 5.56 Å². The first-order valence-corrected chi connectivity index (χ1v) is 12.6. The zero-order valence-electron chi connectivity index (χ0n) is 22.0. The number of amides is 1. The Morgan fingerprint density at radius 1 is 1.05 bits per heavy atom. The maximum Gasteiger partial charge on any atom is 0.274 e. The highest BCUT2D eigenvalue weighted by Crippen LogP contribution is 2.27. The number of hydrogen-bond acceptors (Lipinski definition) is 6. The molecule has 3 heterocycles. The molecule has 1 atom stereocenters. The van der Waals surface area contributed by atoms with E-state index in [4.69, 9.17) is 4.74 Å². The predicted molar refractivity (Wildman–Crippen MR) is 144 cm³/mol. The first-order valence-electron chi connectivity index (χ1n) is 12.6. The Morgan fingerprint density at radius 3 is 2.42 bits per heavy atom. The lowest BCUT2D eigenvalue weighted by Gasteiger charge is -2.34. The van der Waals surface area contributed by atoms with Crippen LogP contribution in [0.15, 0.2) is 53.6 Å². The van der Waals surface area contributed by atoms with Crippen molar-refractivity contribution in [3.8, 4) is 16.9 Å². The molecule has 0 radical (unpaired) electrons. The van der Waals surface area contributed by atoms with E-state index in [1.54, 1.807) is 37.1 Å². The summed E-state index contributed by atoms with van der Waals surface area (Å²) in [6, 6.07) is 11.2. The monoisotopic (exact) mass is 518 g/mol. The Kier molecular flexibility index (Phi) is 6.88. The highest BCUT2D eigenvalue weighted by atomic mass is 19.1. The van der Waals surface area contributed by atoms with E-state index in [2.05, 4.69) is 14.9 Å². The third-order valence-corrected chi connectivity index (χ3v) is 6.97. The van der Waals surface area contributed by atoms with Crippen LogP contribution in [0.1, 0.15) is 25.0 Å². The van der Waals surface area contributed by atoms with E-state index < -0.39 is 6.36 Å². The smallest absolute Gasteiger partial charge is 0.274 e. The number of rotatable bonds is 6. The van der Waals surface area contributed by atoms with Crippen LogP contribution in [-0.2, 0) is 18.4 Å². The Balaban J connectivity index is 1.45. The average Bonchev–Trinajstić information content (AvgIpc) is 3.14. The third kappa shape index (κ3) is 4.98. The van der Waals surface area contributed by atoms with Crippen molar-refractivity contribution in [2.75, 3.05) is 31.1 Å². The lowest BCUT2D eigenvalue weighted by Crippen LogP contribution is -2.48. The Hall–Kier alpha value is -4.21. The standard InChI is InChI=1S/C28H31FN6O3/c1-18-5-8-26(38-19(2)29)22(13-18)17-35-25-14-21(6-7-24(25)27(37)32(35)4)23-15-30-28(31-16-23)34-11-9-33(10-12-34)20(3)36/h5-8,13-16,19H,9-12,17H2,1-4H3. The summed E-state index contributed by atoms with van der Waals surface area (Å²) < 4.78 is 22.5. The molecule has 10 heteroatoms. The van der Waals surface area contributed by atoms with Crippen LogP contribution in [0.2, 0.25) is 0 Å². The van der Waals surface area contributed by atoms with E-state index in [9.17, 15) is 14.0 Å². The van der Waals surface area contributed by atoms with Gasteiger partial charge in [-0.25, -0.2) is 14.4 Å². The number of aryl methyl sites for hydroxylation is 1. The van der Waals surface area contributed by atoms with Gasteiger partial charge in [0.2, 0.25) is 18.2 Å². The van der Waals surface area contributed by atoms with E-state index in [1.165, 1.54) is 6.92 Å². The molecule has 9 nitrogen and oxygen atoms in total. The maximum atomic E-state index is 13.7. The minimum absolute atomic E-state index is 0.0822. The zero-order valence-corrected chi connectivity index (χ0v) is 22.0. The van der Waals surface area contributed by atoms with E-state index in [0.29, 0.717) is 49.8 Å². The Bertz CT molecular complexity index is 1530. The molecule has 1 aliphatic heterocycles. The topological polar surface area (TPSA) is 85.5 Å². The van der Waals surface area contributed by atoms with Crippen molar-refractivity contribution in [3.05, 3.63) is 70.3 Å². The number of nitrogens with zero attached hydrogens (tertiary/aromatic N) is 6. The first-order chi connectivity index (χ1) is 18.2. The van der Waals surface area contributed by atoms with Gasteiger partial charge >= 0.3 is 0 Å². The Labute approximate surface area is 220 Å². The molecule has 0 spiro atoms. The fraction of sp³-hybridized carbons (Fsp3) is 0.357. The molecular weight excluding hydrogens is 487 g/mol. The number of halogens is 1. The summed E-state index contributed by atoms with van der Waals surface area (Å²) in [6.45, 7) is 7.91. The SMILES string of the molecule is CC(=O)N1CCN(c2ncc(-c3ccc4c(=O)n(C)n(Cc5cc(C)ccc5OC(C)F)c4c3)cn2)CC1. The van der Waals surface area contributed by atoms with Crippen molar-refractivity contribution in [2.24, 2.45) is 7.05 Å². The molecule has 1 fully saturated rings. The van der Waals surface area contributed by atoms with Gasteiger partial charge in [0.1, 0.15) is 5.75 Å². The van der Waals surface area contributed by atoms with Gasteiger partial charge in [-0.15, -0.1) is 0 Å². The summed E-state index contributed by atoms with van der Waals surface area (Å²) in [4.78, 5) is 37.6. The molecule has 1 aliphatic rings. The van der Waals surface area contributed by atoms with Crippen molar-refractivity contribution in [3.63, 3.8) is 0 Å². The highest BCUT2D eigenvalue weighted by molar-refractivity contribution is 5.84. The molecule has 2 aromatic heterocycles. The van der Waals surface area contributed by atoms with E-state index in [0.717, 1.165) is 27.8 Å². The average molecular weight is 519 g/mol. The molecule has 198 valence electrons. The molecule has 0 N–H and O–H groups in total. The summed E-state index contributed by atoms with van der Waals surface area (Å²) >= 11 is 0. The largest absolute Gasteiger partial charge is 0.460 e. The van der Waals surface area contributed by atoms with Gasteiger partial charge in [0, 0.05) is 70.6 Å². The zero-order chi connectivity index (χ0) is 27.0. The molecule has 0 saturated carbocycles. The van der Waals surface area contributed by atoms with Gasteiger partial charge in [-0.2, -0.15) is 0 Å². The molecule has 0 aliphatic carbocycles. The van der Waals surface area contributed by atoms with Gasteiger partial charge < -0.3 is 14.5 Å². The summed E-state index contributed by atoms with van der Waals surface area (Å²) in [5, 5.41) is 0.589. The van der Waals surface area contributed by atoms with Crippen molar-refractivity contribution in [2.45, 2.75) is 33.7 Å². The molecule has 0 bridgehead atoms. The van der Waals surface area contributed by atoms with Crippen LogP contribution in [-0.4, -0.2) is 62.7 Å². The number of alkyl halides is 1. The van der Waals surface area contributed by atoms with Crippen LogP contribution >= 0.6 is 0 Å². The second-order valence-electron chi connectivity index (χ2n) is 9.66. The summed E-state index contributed by atoms with van der Waals surface area (Å²) in [7, 11) is 1.72. The van der Waals surface area contributed by atoms with Gasteiger partial charge in [0.05, 0.1) is 17.4 Å². The van der Waals surface area contributed by atoms with Gasteiger partial charge in [-0.05, 0) is 30.7 Å². The fourth-order valence-corrected chi connectivity index (χ4v) is 4.88. The summed E-state index contributed by atoms with van der Waals surface area (Å²) in [5.41, 5.74) is 4.14. The summed E-state index contributed by atoms with van der Waals surface area (Å²) in [6.07, 6.45) is 2.11. The second-order valence-corrected chi connectivity index (χ2v) is 9.66. The van der Waals surface area contributed by atoms with Crippen LogP contribution in [0.25, 0.3) is 22.0 Å². The molecular formula is C28H31FN6O3. The molecule has 1 saturated heterocycles. The van der Waals surface area contributed by atoms with Gasteiger partial charge in [0.15, 0.2) is 0 Å². The number of aromatic nitrogens is 4. The summed E-state index contributed by atoms with van der Waals surface area (Å²) in [5.74, 6) is 1.16. The molecule has 38 heavy (non-hydrogen) atoms. The van der Waals surface area contributed by atoms with E-state index >= 15 is 0 Å². The maximum absolute atomic E-state index is 13.7. The van der Waals surface area contributed by atoms with E-state index in [1.807, 2.05) is 46.8 Å². The lowest BCUT2D eigenvalue weighted by molar-refractivity contribution is -0.129. The normalized spacial score (nSPS) is 14.7. The molecule has 1 unspecified atom stereocenters. The number of ether oxygens (including phenoxy) is 1. The number of piperazine rings is 1. The quantitative estimate of drug-likeness (QED) is 0.388. The van der Waals surface area contributed by atoms with E-state index in [-0.39, 0.29) is 11.5 Å². The minimum Gasteiger partial charge on any atom is -0.460 e. The van der Waals surface area contributed by atoms with Crippen molar-refractivity contribution < 1.29 is 13.9 Å². The van der Waals surface area contributed by atoms with Crippen LogP contribution < -0.4 is 15.2 Å². The molecule has 2 aromatic carbocycles. The van der Waals surface area contributed by atoms with Crippen molar-refractivity contribution in [1.82, 2.24) is 24.2 Å². The molecule has 5 rings (SSSR count). The molecule has 4 aromatic rings. The van der Waals surface area contributed by atoms with Crippen LogP contribution in [0, 0.1) is 6.92 Å². The van der Waals surface area contributed by atoms with Gasteiger partial charge in [-0.1, -0.05) is 23.8 Å². The van der Waals surface area contributed by atoms with Crippen LogP contribution in [0.3, 0.4) is 0 Å². The highest BCUT2D eigenvalue weighted by Gasteiger charge is 2.21.